The van der Waals surface area contributed by atoms with E-state index in [1.807, 2.05) is 12.3 Å². The number of nitrogens with zero attached hydrogens (tertiary/aromatic N) is 6. The van der Waals surface area contributed by atoms with E-state index >= 15 is 0 Å². The minimum atomic E-state index is 0.117. The molecule has 1 aliphatic rings. The van der Waals surface area contributed by atoms with Gasteiger partial charge >= 0.3 is 0 Å². The molecule has 154 valence electrons. The third-order valence-corrected chi connectivity index (χ3v) is 5.17. The number of rotatable bonds is 7. The molecule has 3 N–H and O–H groups in total. The third-order valence-electron chi connectivity index (χ3n) is 5.17. The molecule has 0 saturated carbocycles. The van der Waals surface area contributed by atoms with Gasteiger partial charge in [0.05, 0.1) is 6.20 Å². The van der Waals surface area contributed by atoms with E-state index in [0.29, 0.717) is 24.9 Å². The van der Waals surface area contributed by atoms with E-state index in [-0.39, 0.29) is 12.6 Å². The number of piperazine rings is 1. The lowest BCUT2D eigenvalue weighted by molar-refractivity contribution is -0.605. The van der Waals surface area contributed by atoms with Gasteiger partial charge in [0.1, 0.15) is 0 Å². The first kappa shape index (κ1) is 19.3. The number of aliphatic hydroxyl groups is 1. The summed E-state index contributed by atoms with van der Waals surface area (Å²) in [5.41, 5.74) is 2.66. The maximum absolute atomic E-state index is 11.5. The first-order chi connectivity index (χ1) is 14.2. The van der Waals surface area contributed by atoms with Gasteiger partial charge < -0.3 is 25.8 Å². The molecule has 10 heteroatoms. The monoisotopic (exact) mass is 398 g/mol. The SMILES string of the molecule is CCc1cnn2c(NCc3ccc[n+]([O-])c3)nc(N3CCNC[C@H]3CCO)nc12. The topological polar surface area (TPSA) is 118 Å². The zero-order valence-electron chi connectivity index (χ0n) is 16.5. The Kier molecular flexibility index (Phi) is 5.72. The number of fused-ring (bicyclic) bond motifs is 1. The summed E-state index contributed by atoms with van der Waals surface area (Å²) in [6.07, 6.45) is 6.27. The Hall–Kier alpha value is -2.98. The number of aliphatic hydroxyl groups excluding tert-OH is 1. The predicted octanol–water partition coefficient (Wildman–Crippen LogP) is 0.0928. The molecule has 0 aliphatic carbocycles. The van der Waals surface area contributed by atoms with E-state index in [1.165, 1.54) is 12.4 Å². The highest BCUT2D eigenvalue weighted by Gasteiger charge is 2.25. The predicted molar refractivity (Wildman–Crippen MR) is 109 cm³/mol. The van der Waals surface area contributed by atoms with Crippen LogP contribution in [0.25, 0.3) is 5.65 Å². The van der Waals surface area contributed by atoms with Gasteiger partial charge in [-0.25, -0.2) is 0 Å². The van der Waals surface area contributed by atoms with E-state index < -0.39 is 0 Å². The summed E-state index contributed by atoms with van der Waals surface area (Å²) in [5.74, 6) is 1.20. The molecule has 0 spiro atoms. The van der Waals surface area contributed by atoms with Gasteiger partial charge in [-0.05, 0) is 18.9 Å². The van der Waals surface area contributed by atoms with Crippen LogP contribution in [0.4, 0.5) is 11.9 Å². The van der Waals surface area contributed by atoms with E-state index in [1.54, 1.807) is 10.6 Å². The fourth-order valence-corrected chi connectivity index (χ4v) is 3.62. The normalized spacial score (nSPS) is 17.0. The van der Waals surface area contributed by atoms with Gasteiger partial charge in [0.15, 0.2) is 18.0 Å². The standard InChI is InChI=1S/C19H26N8O2/c1-2-15-11-22-27-17(15)23-19(26-8-6-20-12-16(26)5-9-28)24-18(27)21-10-14-4-3-7-25(29)13-14/h3-4,7,11,13,16,20,28H,2,5-6,8-10,12H2,1H3,(H,21,23,24)/t16-/m1/s1. The Morgan fingerprint density at radius 1 is 1.41 bits per heavy atom. The van der Waals surface area contributed by atoms with Crippen molar-refractivity contribution in [2.24, 2.45) is 0 Å². The first-order valence-electron chi connectivity index (χ1n) is 9.94. The lowest BCUT2D eigenvalue weighted by Gasteiger charge is -2.36. The van der Waals surface area contributed by atoms with Gasteiger partial charge in [0.2, 0.25) is 11.9 Å². The van der Waals surface area contributed by atoms with Crippen LogP contribution in [0.5, 0.6) is 0 Å². The molecule has 3 aromatic rings. The molecule has 1 aliphatic heterocycles. The molecular weight excluding hydrogens is 372 g/mol. The van der Waals surface area contributed by atoms with Crippen molar-refractivity contribution in [1.82, 2.24) is 24.9 Å². The summed E-state index contributed by atoms with van der Waals surface area (Å²) < 4.78 is 2.49. The number of pyridine rings is 1. The zero-order valence-corrected chi connectivity index (χ0v) is 16.5. The molecule has 0 aromatic carbocycles. The number of hydrogen-bond acceptors (Lipinski definition) is 8. The summed E-state index contributed by atoms with van der Waals surface area (Å²) in [6.45, 7) is 5.02. The minimum absolute atomic E-state index is 0.117. The second-order valence-electron chi connectivity index (χ2n) is 7.10. The molecular formula is C19H26N8O2. The van der Waals surface area contributed by atoms with Gasteiger partial charge in [-0.2, -0.15) is 24.3 Å². The van der Waals surface area contributed by atoms with Crippen molar-refractivity contribution in [3.8, 4) is 0 Å². The minimum Gasteiger partial charge on any atom is -0.619 e. The van der Waals surface area contributed by atoms with E-state index in [4.69, 9.17) is 9.97 Å². The molecule has 0 radical (unpaired) electrons. The fourth-order valence-electron chi connectivity index (χ4n) is 3.62. The fraction of sp³-hybridized carbons (Fsp3) is 0.474. The Morgan fingerprint density at radius 2 is 2.31 bits per heavy atom. The number of aryl methyl sites for hydroxylation is 1. The quantitative estimate of drug-likeness (QED) is 0.379. The van der Waals surface area contributed by atoms with Gasteiger partial charge in [0, 0.05) is 56.0 Å². The second-order valence-corrected chi connectivity index (χ2v) is 7.10. The summed E-state index contributed by atoms with van der Waals surface area (Å²) in [4.78, 5) is 11.7. The van der Waals surface area contributed by atoms with Crippen LogP contribution in [0.15, 0.2) is 30.7 Å². The van der Waals surface area contributed by atoms with Gasteiger partial charge in [-0.3, -0.25) is 0 Å². The van der Waals surface area contributed by atoms with Crippen molar-refractivity contribution < 1.29 is 9.84 Å². The number of aromatic nitrogens is 5. The molecule has 0 amide bonds. The van der Waals surface area contributed by atoms with Crippen LogP contribution in [0.2, 0.25) is 0 Å². The highest BCUT2D eigenvalue weighted by Crippen LogP contribution is 2.22. The molecule has 4 rings (SSSR count). The molecule has 10 nitrogen and oxygen atoms in total. The molecule has 0 bridgehead atoms. The average molecular weight is 398 g/mol. The molecule has 1 atom stereocenters. The van der Waals surface area contributed by atoms with Crippen LogP contribution in [-0.4, -0.2) is 57.0 Å². The first-order valence-corrected chi connectivity index (χ1v) is 9.94. The van der Waals surface area contributed by atoms with Crippen molar-refractivity contribution in [3.63, 3.8) is 0 Å². The highest BCUT2D eigenvalue weighted by atomic mass is 16.5. The van der Waals surface area contributed by atoms with E-state index in [0.717, 1.165) is 47.6 Å². The lowest BCUT2D eigenvalue weighted by atomic mass is 10.1. The molecule has 1 saturated heterocycles. The number of hydrogen-bond donors (Lipinski definition) is 3. The smallest absolute Gasteiger partial charge is 0.231 e. The Labute approximate surface area is 168 Å². The molecule has 3 aromatic heterocycles. The Balaban J connectivity index is 1.69. The van der Waals surface area contributed by atoms with Crippen molar-refractivity contribution in [2.75, 3.05) is 36.5 Å². The summed E-state index contributed by atoms with van der Waals surface area (Å²) in [5, 5.41) is 32.1. The Bertz CT molecular complexity index is 974. The van der Waals surface area contributed by atoms with E-state index in [2.05, 4.69) is 27.6 Å². The average Bonchev–Trinajstić information content (AvgIpc) is 3.16. The molecule has 1 fully saturated rings. The second kappa shape index (κ2) is 8.58. The van der Waals surface area contributed by atoms with Crippen LogP contribution >= 0.6 is 0 Å². The third kappa shape index (κ3) is 4.08. The van der Waals surface area contributed by atoms with Crippen LogP contribution in [0.3, 0.4) is 0 Å². The van der Waals surface area contributed by atoms with Crippen LogP contribution in [-0.2, 0) is 13.0 Å². The molecule has 29 heavy (non-hydrogen) atoms. The van der Waals surface area contributed by atoms with E-state index in [9.17, 15) is 10.3 Å². The van der Waals surface area contributed by atoms with Crippen LogP contribution in [0, 0.1) is 5.21 Å². The van der Waals surface area contributed by atoms with Crippen LogP contribution < -0.4 is 20.3 Å². The molecule has 4 heterocycles. The largest absolute Gasteiger partial charge is 0.619 e. The van der Waals surface area contributed by atoms with Crippen molar-refractivity contribution in [2.45, 2.75) is 32.4 Å². The number of anilines is 2. The number of nitrogens with one attached hydrogen (secondary N) is 2. The zero-order chi connectivity index (χ0) is 20.2. The van der Waals surface area contributed by atoms with Gasteiger partial charge in [0.25, 0.3) is 0 Å². The van der Waals surface area contributed by atoms with Crippen molar-refractivity contribution in [3.05, 3.63) is 47.1 Å². The Morgan fingerprint density at radius 3 is 3.10 bits per heavy atom. The van der Waals surface area contributed by atoms with Gasteiger partial charge in [-0.1, -0.05) is 6.92 Å². The molecule has 0 unspecified atom stereocenters. The lowest BCUT2D eigenvalue weighted by Crippen LogP contribution is -2.52. The van der Waals surface area contributed by atoms with Crippen molar-refractivity contribution >= 4 is 17.5 Å². The van der Waals surface area contributed by atoms with Crippen LogP contribution in [0.1, 0.15) is 24.5 Å². The highest BCUT2D eigenvalue weighted by molar-refractivity contribution is 5.55. The summed E-state index contributed by atoms with van der Waals surface area (Å²) >= 11 is 0. The maximum Gasteiger partial charge on any atom is 0.231 e. The van der Waals surface area contributed by atoms with Gasteiger partial charge in [-0.15, -0.1) is 0 Å². The maximum atomic E-state index is 11.5. The summed E-state index contributed by atoms with van der Waals surface area (Å²) in [7, 11) is 0. The summed E-state index contributed by atoms with van der Waals surface area (Å²) in [6, 6.07) is 3.73. The van der Waals surface area contributed by atoms with Crippen molar-refractivity contribution in [1.29, 1.82) is 0 Å².